The zero-order valence-corrected chi connectivity index (χ0v) is 12.2. The quantitative estimate of drug-likeness (QED) is 0.808. The van der Waals surface area contributed by atoms with Crippen molar-refractivity contribution in [2.45, 2.75) is 18.2 Å². The summed E-state index contributed by atoms with van der Waals surface area (Å²) in [4.78, 5) is -0.532. The van der Waals surface area contributed by atoms with E-state index < -0.39 is 26.6 Å². The Kier molecular flexibility index (Phi) is 5.68. The predicted octanol–water partition coefficient (Wildman–Crippen LogP) is 2.66. The molecule has 1 aromatic rings. The zero-order chi connectivity index (χ0) is 13.8. The Morgan fingerprint density at radius 3 is 2.61 bits per heavy atom. The van der Waals surface area contributed by atoms with Crippen LogP contribution in [-0.2, 0) is 10.0 Å². The van der Waals surface area contributed by atoms with Gasteiger partial charge in [-0.3, -0.25) is 0 Å². The fraction of sp³-hybridized carbons (Fsp3) is 0.455. The summed E-state index contributed by atoms with van der Waals surface area (Å²) in [5, 5.41) is 0.765. The molecule has 0 bridgehead atoms. The van der Waals surface area contributed by atoms with Crippen LogP contribution in [0.3, 0.4) is 0 Å². The maximum Gasteiger partial charge on any atom is 0.243 e. The number of hydrogen-bond donors (Lipinski definition) is 1. The molecule has 0 saturated carbocycles. The molecule has 0 saturated heterocycles. The summed E-state index contributed by atoms with van der Waals surface area (Å²) in [5.74, 6) is -1.77. The van der Waals surface area contributed by atoms with Crippen LogP contribution in [0.1, 0.15) is 13.3 Å². The monoisotopic (exact) mass is 341 g/mol. The maximum atomic E-state index is 13.4. The highest BCUT2D eigenvalue weighted by molar-refractivity contribution is 9.09. The van der Waals surface area contributed by atoms with E-state index >= 15 is 0 Å². The lowest BCUT2D eigenvalue weighted by Crippen LogP contribution is -2.29. The molecule has 1 aromatic carbocycles. The van der Waals surface area contributed by atoms with E-state index in [1.807, 2.05) is 6.92 Å². The molecule has 0 fully saturated rings. The van der Waals surface area contributed by atoms with Gasteiger partial charge in [0.15, 0.2) is 0 Å². The molecule has 1 rings (SSSR count). The Morgan fingerprint density at radius 2 is 2.06 bits per heavy atom. The number of rotatable bonds is 6. The Labute approximate surface area is 114 Å². The largest absolute Gasteiger partial charge is 0.243 e. The summed E-state index contributed by atoms with van der Waals surface area (Å²) in [6, 6.07) is 2.39. The van der Waals surface area contributed by atoms with Gasteiger partial charge in [0.1, 0.15) is 16.5 Å². The molecule has 7 heteroatoms. The third kappa shape index (κ3) is 4.29. The van der Waals surface area contributed by atoms with Gasteiger partial charge in [-0.15, -0.1) is 0 Å². The van der Waals surface area contributed by atoms with Crippen molar-refractivity contribution in [2.75, 3.05) is 11.9 Å². The van der Waals surface area contributed by atoms with Gasteiger partial charge < -0.3 is 0 Å². The van der Waals surface area contributed by atoms with E-state index in [1.54, 1.807) is 0 Å². The van der Waals surface area contributed by atoms with Gasteiger partial charge >= 0.3 is 0 Å². The van der Waals surface area contributed by atoms with Gasteiger partial charge in [0, 0.05) is 17.9 Å². The topological polar surface area (TPSA) is 46.2 Å². The third-order valence-electron chi connectivity index (χ3n) is 2.41. The zero-order valence-electron chi connectivity index (χ0n) is 9.79. The fourth-order valence-corrected chi connectivity index (χ4v) is 3.32. The lowest BCUT2D eigenvalue weighted by atomic mass is 10.1. The minimum Gasteiger partial charge on any atom is -0.211 e. The van der Waals surface area contributed by atoms with Crippen LogP contribution in [0, 0.1) is 17.6 Å². The Balaban J connectivity index is 2.80. The van der Waals surface area contributed by atoms with Gasteiger partial charge in [-0.05, 0) is 24.5 Å². The summed E-state index contributed by atoms with van der Waals surface area (Å²) in [6.07, 6.45) is 0.800. The smallest absolute Gasteiger partial charge is 0.211 e. The average Bonchev–Trinajstić information content (AvgIpc) is 2.26. The average molecular weight is 342 g/mol. The summed E-state index contributed by atoms with van der Waals surface area (Å²) in [7, 11) is -3.93. The second-order valence-corrected chi connectivity index (χ2v) is 6.54. The number of sulfonamides is 1. The fourth-order valence-electron chi connectivity index (χ4n) is 1.31. The first-order chi connectivity index (χ1) is 8.36. The second kappa shape index (κ2) is 6.58. The number of hydrogen-bond acceptors (Lipinski definition) is 2. The van der Waals surface area contributed by atoms with Gasteiger partial charge in [-0.25, -0.2) is 21.9 Å². The molecule has 1 atom stereocenters. The molecule has 0 spiro atoms. The van der Waals surface area contributed by atoms with E-state index in [0.29, 0.717) is 6.07 Å². The summed E-state index contributed by atoms with van der Waals surface area (Å²) < 4.78 is 51.9. The lowest BCUT2D eigenvalue weighted by molar-refractivity contribution is 0.520. The Hall–Kier alpha value is -0.530. The molecule has 1 N–H and O–H groups in total. The predicted molar refractivity (Wildman–Crippen MR) is 69.1 cm³/mol. The number of alkyl halides is 1. The van der Waals surface area contributed by atoms with Crippen molar-refractivity contribution in [1.82, 2.24) is 4.72 Å². The van der Waals surface area contributed by atoms with Gasteiger partial charge in [0.25, 0.3) is 0 Å². The van der Waals surface area contributed by atoms with Crippen LogP contribution in [0.4, 0.5) is 8.78 Å². The van der Waals surface area contributed by atoms with Crippen LogP contribution in [-0.4, -0.2) is 20.3 Å². The van der Waals surface area contributed by atoms with Gasteiger partial charge in [-0.1, -0.05) is 22.9 Å². The molecule has 18 heavy (non-hydrogen) atoms. The van der Waals surface area contributed by atoms with Crippen molar-refractivity contribution in [3.63, 3.8) is 0 Å². The molecule has 0 aliphatic carbocycles. The van der Waals surface area contributed by atoms with Crippen molar-refractivity contribution in [2.24, 2.45) is 5.92 Å². The van der Waals surface area contributed by atoms with E-state index in [0.717, 1.165) is 23.9 Å². The summed E-state index contributed by atoms with van der Waals surface area (Å²) in [6.45, 7) is 2.09. The Bertz CT molecular complexity index is 508. The molecule has 1 unspecified atom stereocenters. The van der Waals surface area contributed by atoms with E-state index in [4.69, 9.17) is 0 Å². The van der Waals surface area contributed by atoms with Gasteiger partial charge in [0.2, 0.25) is 10.0 Å². The number of halogens is 3. The molecular formula is C11H14BrF2NO2S. The van der Waals surface area contributed by atoms with Crippen LogP contribution in [0.25, 0.3) is 0 Å². The summed E-state index contributed by atoms with van der Waals surface area (Å²) >= 11 is 3.26. The number of benzene rings is 1. The summed E-state index contributed by atoms with van der Waals surface area (Å²) in [5.41, 5.74) is 0. The highest BCUT2D eigenvalue weighted by Gasteiger charge is 2.19. The third-order valence-corrected chi connectivity index (χ3v) is 4.32. The molecule has 0 aliphatic rings. The van der Waals surface area contributed by atoms with Crippen LogP contribution in [0.5, 0.6) is 0 Å². The lowest BCUT2D eigenvalue weighted by Gasteiger charge is -2.12. The highest BCUT2D eigenvalue weighted by Crippen LogP contribution is 2.15. The molecule has 0 aliphatic heterocycles. The number of nitrogens with one attached hydrogen (secondary N) is 1. The van der Waals surface area contributed by atoms with Crippen LogP contribution in [0.15, 0.2) is 23.1 Å². The molecular weight excluding hydrogens is 328 g/mol. The first-order valence-corrected chi connectivity index (χ1v) is 7.98. The first kappa shape index (κ1) is 15.5. The molecule has 0 radical (unpaired) electrons. The van der Waals surface area contributed by atoms with Crippen molar-refractivity contribution in [1.29, 1.82) is 0 Å². The molecule has 102 valence electrons. The van der Waals surface area contributed by atoms with Gasteiger partial charge in [-0.2, -0.15) is 0 Å². The van der Waals surface area contributed by atoms with Crippen LogP contribution < -0.4 is 4.72 Å². The normalized spacial score (nSPS) is 13.6. The SMILES string of the molecule is CC(CCBr)CNS(=O)(=O)c1ccc(F)cc1F. The van der Waals surface area contributed by atoms with Crippen LogP contribution >= 0.6 is 15.9 Å². The second-order valence-electron chi connectivity index (χ2n) is 4.01. The minimum absolute atomic E-state index is 0.127. The highest BCUT2D eigenvalue weighted by atomic mass is 79.9. The van der Waals surface area contributed by atoms with E-state index in [9.17, 15) is 17.2 Å². The maximum absolute atomic E-state index is 13.4. The van der Waals surface area contributed by atoms with Crippen molar-refractivity contribution >= 4 is 26.0 Å². The first-order valence-electron chi connectivity index (χ1n) is 5.37. The van der Waals surface area contributed by atoms with E-state index in [2.05, 4.69) is 20.7 Å². The van der Waals surface area contributed by atoms with Crippen molar-refractivity contribution in [3.8, 4) is 0 Å². The minimum atomic E-state index is -3.93. The van der Waals surface area contributed by atoms with E-state index in [-0.39, 0.29) is 12.5 Å². The van der Waals surface area contributed by atoms with E-state index in [1.165, 1.54) is 0 Å². The van der Waals surface area contributed by atoms with Crippen molar-refractivity contribution in [3.05, 3.63) is 29.8 Å². The molecule has 0 heterocycles. The van der Waals surface area contributed by atoms with Crippen LogP contribution in [0.2, 0.25) is 0 Å². The molecule has 0 amide bonds. The standard InChI is InChI=1S/C11H14BrF2NO2S/c1-8(4-5-12)7-15-18(16,17)11-3-2-9(13)6-10(11)14/h2-3,6,8,15H,4-5,7H2,1H3. The molecule has 0 aromatic heterocycles. The molecule has 3 nitrogen and oxygen atoms in total. The van der Waals surface area contributed by atoms with Gasteiger partial charge in [0.05, 0.1) is 0 Å². The van der Waals surface area contributed by atoms with Crippen molar-refractivity contribution < 1.29 is 17.2 Å². The Morgan fingerprint density at radius 1 is 1.39 bits per heavy atom.